The molecule has 1 unspecified atom stereocenters. The number of benzene rings is 2. The average molecular weight is 499 g/mol. The van der Waals surface area contributed by atoms with Crippen molar-refractivity contribution in [3.63, 3.8) is 0 Å². The second-order valence-corrected chi connectivity index (χ2v) is 10.3. The number of furan rings is 1. The van der Waals surface area contributed by atoms with Gasteiger partial charge in [-0.25, -0.2) is 0 Å². The van der Waals surface area contributed by atoms with Gasteiger partial charge >= 0.3 is 0 Å². The highest BCUT2D eigenvalue weighted by Crippen LogP contribution is 2.30. The van der Waals surface area contributed by atoms with E-state index in [-0.39, 0.29) is 29.7 Å². The van der Waals surface area contributed by atoms with Crippen LogP contribution in [0.15, 0.2) is 65.1 Å². The van der Waals surface area contributed by atoms with Crippen LogP contribution in [0, 0.1) is 11.8 Å². The molecule has 7 rings (SSSR count). The van der Waals surface area contributed by atoms with Gasteiger partial charge in [-0.05, 0) is 105 Å². The molecule has 4 fully saturated rings. The number of rotatable bonds is 7. The van der Waals surface area contributed by atoms with Gasteiger partial charge in [0.2, 0.25) is 5.91 Å². The molecule has 37 heavy (non-hydrogen) atoms. The van der Waals surface area contributed by atoms with Crippen molar-refractivity contribution in [1.82, 2.24) is 10.2 Å². The minimum Gasteiger partial charge on any atom is -0.451 e. The van der Waals surface area contributed by atoms with Crippen molar-refractivity contribution in [3.05, 3.63) is 72.0 Å². The molecule has 3 aromatic rings. The standard InChI is InChI=1S/C29H30N4O4/c34-27(20-1-2-20)31-23-9-5-21(6-10-23)28(35)30-22-7-3-19(4-8-22)25-11-12-26(37-25)29(36)32-24-17-33-15-13-18(24)14-16-33/h3-12,18,20,24H,1-2,13-17H2,(H,30,35)(H,31,34)(H,32,36). The van der Waals surface area contributed by atoms with Gasteiger partial charge in [-0.2, -0.15) is 0 Å². The van der Waals surface area contributed by atoms with Gasteiger partial charge in [-0.15, -0.1) is 0 Å². The fourth-order valence-electron chi connectivity index (χ4n) is 5.20. The lowest BCUT2D eigenvalue weighted by Crippen LogP contribution is -2.57. The molecule has 0 spiro atoms. The van der Waals surface area contributed by atoms with Crippen LogP contribution in [0.2, 0.25) is 0 Å². The van der Waals surface area contributed by atoms with Crippen molar-refractivity contribution in [2.45, 2.75) is 31.7 Å². The number of piperidine rings is 3. The Hall–Kier alpha value is -3.91. The Balaban J connectivity index is 1.04. The van der Waals surface area contributed by atoms with Crippen molar-refractivity contribution in [2.24, 2.45) is 11.8 Å². The van der Waals surface area contributed by atoms with Crippen LogP contribution in [0.5, 0.6) is 0 Å². The highest BCUT2D eigenvalue weighted by molar-refractivity contribution is 6.05. The van der Waals surface area contributed by atoms with Crippen LogP contribution in [0.25, 0.3) is 11.3 Å². The zero-order valence-electron chi connectivity index (χ0n) is 20.5. The molecule has 1 aromatic heterocycles. The first kappa shape index (κ1) is 23.5. The quantitative estimate of drug-likeness (QED) is 0.449. The monoisotopic (exact) mass is 498 g/mol. The summed E-state index contributed by atoms with van der Waals surface area (Å²) in [6.07, 6.45) is 4.17. The molecule has 3 N–H and O–H groups in total. The molecule has 2 bridgehead atoms. The van der Waals surface area contributed by atoms with E-state index in [0.717, 1.165) is 50.9 Å². The van der Waals surface area contributed by atoms with Gasteiger partial charge in [0.05, 0.1) is 0 Å². The molecule has 0 radical (unpaired) electrons. The second kappa shape index (κ2) is 9.86. The third-order valence-electron chi connectivity index (χ3n) is 7.59. The highest BCUT2D eigenvalue weighted by Gasteiger charge is 2.35. The maximum absolute atomic E-state index is 12.8. The average Bonchev–Trinajstić information content (AvgIpc) is 3.67. The maximum atomic E-state index is 12.8. The Morgan fingerprint density at radius 1 is 0.757 bits per heavy atom. The van der Waals surface area contributed by atoms with Crippen LogP contribution in [-0.2, 0) is 4.79 Å². The Bertz CT molecular complexity index is 1300. The number of carbonyl (C=O) groups excluding carboxylic acids is 3. The van der Waals surface area contributed by atoms with Gasteiger partial charge in [0.25, 0.3) is 11.8 Å². The molecule has 3 aliphatic heterocycles. The highest BCUT2D eigenvalue weighted by atomic mass is 16.3. The lowest BCUT2D eigenvalue weighted by Gasteiger charge is -2.44. The van der Waals surface area contributed by atoms with Crippen LogP contribution in [0.3, 0.4) is 0 Å². The lowest BCUT2D eigenvalue weighted by atomic mass is 9.84. The summed E-state index contributed by atoms with van der Waals surface area (Å²) in [6.45, 7) is 3.17. The molecule has 1 saturated carbocycles. The fourth-order valence-corrected chi connectivity index (χ4v) is 5.20. The third-order valence-corrected chi connectivity index (χ3v) is 7.59. The van der Waals surface area contributed by atoms with Gasteiger partial charge < -0.3 is 25.3 Å². The smallest absolute Gasteiger partial charge is 0.287 e. The summed E-state index contributed by atoms with van der Waals surface area (Å²) in [5.41, 5.74) is 2.65. The molecule has 1 atom stereocenters. The maximum Gasteiger partial charge on any atom is 0.287 e. The summed E-state index contributed by atoms with van der Waals surface area (Å²) >= 11 is 0. The SMILES string of the molecule is O=C(Nc1ccc(-c2ccc(C(=O)NC3CN4CCC3CC4)o2)cc1)c1ccc(NC(=O)C2CC2)cc1. The topological polar surface area (TPSA) is 104 Å². The van der Waals surface area contributed by atoms with E-state index in [2.05, 4.69) is 20.9 Å². The summed E-state index contributed by atoms with van der Waals surface area (Å²) < 4.78 is 5.86. The van der Waals surface area contributed by atoms with Crippen molar-refractivity contribution >= 4 is 29.1 Å². The Kier molecular flexibility index (Phi) is 6.26. The molecule has 190 valence electrons. The number of fused-ring (bicyclic) bond motifs is 3. The van der Waals surface area contributed by atoms with Gasteiger partial charge in [0.15, 0.2) is 5.76 Å². The minimum absolute atomic E-state index is 0.0378. The predicted octanol–water partition coefficient (Wildman–Crippen LogP) is 4.37. The molecule has 1 aliphatic carbocycles. The minimum atomic E-state index is -0.238. The predicted molar refractivity (Wildman–Crippen MR) is 140 cm³/mol. The van der Waals surface area contributed by atoms with Crippen LogP contribution < -0.4 is 16.0 Å². The van der Waals surface area contributed by atoms with Crippen LogP contribution in [0.1, 0.15) is 46.6 Å². The molecule has 2 aromatic carbocycles. The molecule has 8 heteroatoms. The molecular formula is C29H30N4O4. The van der Waals surface area contributed by atoms with E-state index >= 15 is 0 Å². The number of hydrogen-bond donors (Lipinski definition) is 3. The van der Waals surface area contributed by atoms with Gasteiger partial charge in [-0.3, -0.25) is 14.4 Å². The third kappa shape index (κ3) is 5.29. The summed E-state index contributed by atoms with van der Waals surface area (Å²) in [6, 6.07) is 17.8. The Morgan fingerprint density at radius 3 is 2.08 bits per heavy atom. The fraction of sp³-hybridized carbons (Fsp3) is 0.345. The Morgan fingerprint density at radius 2 is 1.43 bits per heavy atom. The number of amides is 3. The lowest BCUT2D eigenvalue weighted by molar-refractivity contribution is -0.117. The normalized spacial score (nSPS) is 22.3. The molecule has 3 amide bonds. The zero-order chi connectivity index (χ0) is 25.4. The Labute approximate surface area is 215 Å². The largest absolute Gasteiger partial charge is 0.451 e. The van der Waals surface area contributed by atoms with Gasteiger partial charge in [-0.1, -0.05) is 0 Å². The first-order valence-corrected chi connectivity index (χ1v) is 13.0. The second-order valence-electron chi connectivity index (χ2n) is 10.3. The van der Waals surface area contributed by atoms with Gasteiger partial charge in [0.1, 0.15) is 5.76 Å². The van der Waals surface area contributed by atoms with Crippen LogP contribution in [0.4, 0.5) is 11.4 Å². The van der Waals surface area contributed by atoms with Crippen molar-refractivity contribution in [3.8, 4) is 11.3 Å². The van der Waals surface area contributed by atoms with Crippen LogP contribution in [-0.4, -0.2) is 48.3 Å². The molecule has 3 saturated heterocycles. The van der Waals surface area contributed by atoms with E-state index in [9.17, 15) is 14.4 Å². The number of hydrogen-bond acceptors (Lipinski definition) is 5. The first-order valence-electron chi connectivity index (χ1n) is 13.0. The van der Waals surface area contributed by atoms with E-state index in [1.165, 1.54) is 0 Å². The van der Waals surface area contributed by atoms with Crippen LogP contribution >= 0.6 is 0 Å². The van der Waals surface area contributed by atoms with Crippen molar-refractivity contribution in [1.29, 1.82) is 0 Å². The molecule has 4 heterocycles. The summed E-state index contributed by atoms with van der Waals surface area (Å²) in [7, 11) is 0. The molecule has 8 nitrogen and oxygen atoms in total. The van der Waals surface area contributed by atoms with Gasteiger partial charge in [0, 0.05) is 41.0 Å². The first-order chi connectivity index (χ1) is 18.0. The van der Waals surface area contributed by atoms with E-state index in [0.29, 0.717) is 34.4 Å². The number of nitrogens with one attached hydrogen (secondary N) is 3. The van der Waals surface area contributed by atoms with Crippen molar-refractivity contribution < 1.29 is 18.8 Å². The summed E-state index contributed by atoms with van der Waals surface area (Å²) in [5, 5.41) is 8.91. The summed E-state index contributed by atoms with van der Waals surface area (Å²) in [5.74, 6) is 1.21. The number of anilines is 2. The zero-order valence-corrected chi connectivity index (χ0v) is 20.5. The molecular weight excluding hydrogens is 468 g/mol. The number of carbonyl (C=O) groups is 3. The number of nitrogens with zero attached hydrogens (tertiary/aromatic N) is 1. The van der Waals surface area contributed by atoms with E-state index in [1.54, 1.807) is 48.5 Å². The van der Waals surface area contributed by atoms with Crippen molar-refractivity contribution in [2.75, 3.05) is 30.3 Å². The molecule has 4 aliphatic rings. The van der Waals surface area contributed by atoms with E-state index < -0.39 is 0 Å². The van der Waals surface area contributed by atoms with E-state index in [1.807, 2.05) is 12.1 Å². The summed E-state index contributed by atoms with van der Waals surface area (Å²) in [4.78, 5) is 39.7. The van der Waals surface area contributed by atoms with E-state index in [4.69, 9.17) is 4.42 Å².